The minimum Gasteiger partial charge on any atom is -0.338 e. The SMILES string of the molecule is O=C(C1=CCC=CC=C1F)N1CCCc2nc(N3CCN(C4CCC4)CC3)ncc2CC1. The van der Waals surface area contributed by atoms with Crippen molar-refractivity contribution in [3.63, 3.8) is 0 Å². The molecule has 1 aromatic heterocycles. The minimum atomic E-state index is -0.448. The zero-order valence-electron chi connectivity index (χ0n) is 18.7. The summed E-state index contributed by atoms with van der Waals surface area (Å²) in [4.78, 5) is 29.3. The largest absolute Gasteiger partial charge is 0.338 e. The van der Waals surface area contributed by atoms with Crippen molar-refractivity contribution in [1.29, 1.82) is 0 Å². The lowest BCUT2D eigenvalue weighted by Gasteiger charge is -2.43. The van der Waals surface area contributed by atoms with Gasteiger partial charge in [0.2, 0.25) is 5.95 Å². The van der Waals surface area contributed by atoms with Crippen molar-refractivity contribution in [1.82, 2.24) is 19.8 Å². The maximum absolute atomic E-state index is 14.3. The van der Waals surface area contributed by atoms with E-state index < -0.39 is 5.83 Å². The molecule has 1 aromatic rings. The van der Waals surface area contributed by atoms with Crippen LogP contribution in [0.3, 0.4) is 0 Å². The van der Waals surface area contributed by atoms with Gasteiger partial charge in [-0.25, -0.2) is 14.4 Å². The molecule has 32 heavy (non-hydrogen) atoms. The Hall–Kier alpha value is -2.54. The highest BCUT2D eigenvalue weighted by atomic mass is 19.1. The number of aromatic nitrogens is 2. The number of halogens is 1. The normalized spacial score (nSPS) is 22.8. The Kier molecular flexibility index (Phi) is 6.35. The van der Waals surface area contributed by atoms with E-state index >= 15 is 0 Å². The second-order valence-electron chi connectivity index (χ2n) is 9.19. The molecule has 0 spiro atoms. The Balaban J connectivity index is 1.22. The predicted octanol–water partition coefficient (Wildman–Crippen LogP) is 3.21. The summed E-state index contributed by atoms with van der Waals surface area (Å²) in [5, 5.41) is 0. The molecule has 2 aliphatic heterocycles. The van der Waals surface area contributed by atoms with E-state index in [0.29, 0.717) is 25.9 Å². The van der Waals surface area contributed by atoms with Crippen molar-refractivity contribution in [3.05, 3.63) is 53.2 Å². The van der Waals surface area contributed by atoms with Crippen LogP contribution in [0.5, 0.6) is 0 Å². The van der Waals surface area contributed by atoms with Crippen molar-refractivity contribution >= 4 is 11.9 Å². The van der Waals surface area contributed by atoms with Crippen LogP contribution in [0.1, 0.15) is 43.4 Å². The van der Waals surface area contributed by atoms with Gasteiger partial charge in [-0.15, -0.1) is 0 Å². The zero-order valence-corrected chi connectivity index (χ0v) is 18.7. The summed E-state index contributed by atoms with van der Waals surface area (Å²) in [7, 11) is 0. The maximum atomic E-state index is 14.3. The van der Waals surface area contributed by atoms with Crippen LogP contribution in [0.4, 0.5) is 10.3 Å². The van der Waals surface area contributed by atoms with Gasteiger partial charge in [-0.3, -0.25) is 9.69 Å². The van der Waals surface area contributed by atoms with Crippen molar-refractivity contribution in [2.45, 2.75) is 51.0 Å². The molecule has 0 N–H and O–H groups in total. The van der Waals surface area contributed by atoms with Crippen LogP contribution in [0.15, 0.2) is 41.9 Å². The summed E-state index contributed by atoms with van der Waals surface area (Å²) in [6.07, 6.45) is 15.5. The van der Waals surface area contributed by atoms with E-state index in [1.807, 2.05) is 12.3 Å². The van der Waals surface area contributed by atoms with Crippen LogP contribution in [0.2, 0.25) is 0 Å². The molecule has 0 aromatic carbocycles. The van der Waals surface area contributed by atoms with E-state index in [9.17, 15) is 9.18 Å². The van der Waals surface area contributed by atoms with Crippen LogP contribution >= 0.6 is 0 Å². The number of nitrogens with zero attached hydrogens (tertiary/aromatic N) is 5. The summed E-state index contributed by atoms with van der Waals surface area (Å²) in [6.45, 7) is 5.35. The van der Waals surface area contributed by atoms with Crippen molar-refractivity contribution in [2.75, 3.05) is 44.2 Å². The van der Waals surface area contributed by atoms with E-state index in [1.54, 1.807) is 17.1 Å². The Morgan fingerprint density at radius 2 is 1.88 bits per heavy atom. The molecule has 4 aliphatic rings. The lowest BCUT2D eigenvalue weighted by atomic mass is 9.91. The van der Waals surface area contributed by atoms with Gasteiger partial charge in [-0.05, 0) is 50.2 Å². The third kappa shape index (κ3) is 4.49. The van der Waals surface area contributed by atoms with E-state index in [1.165, 1.54) is 25.3 Å². The Morgan fingerprint density at radius 1 is 1.03 bits per heavy atom. The van der Waals surface area contributed by atoms with Crippen LogP contribution in [0.25, 0.3) is 0 Å². The number of fused-ring (bicyclic) bond motifs is 1. The van der Waals surface area contributed by atoms with Crippen molar-refractivity contribution in [2.24, 2.45) is 0 Å². The second-order valence-corrected chi connectivity index (χ2v) is 9.19. The molecule has 2 fully saturated rings. The van der Waals surface area contributed by atoms with Crippen molar-refractivity contribution < 1.29 is 9.18 Å². The molecule has 170 valence electrons. The first-order chi connectivity index (χ1) is 15.7. The smallest absolute Gasteiger partial charge is 0.256 e. The molecule has 0 unspecified atom stereocenters. The summed E-state index contributed by atoms with van der Waals surface area (Å²) >= 11 is 0. The highest BCUT2D eigenvalue weighted by molar-refractivity contribution is 5.97. The van der Waals surface area contributed by atoms with Gasteiger partial charge in [0.1, 0.15) is 5.83 Å². The molecule has 0 atom stereocenters. The van der Waals surface area contributed by atoms with E-state index in [2.05, 4.69) is 14.8 Å². The lowest BCUT2D eigenvalue weighted by molar-refractivity contribution is -0.127. The molecular weight excluding hydrogens is 405 g/mol. The first-order valence-corrected chi connectivity index (χ1v) is 12.0. The van der Waals surface area contributed by atoms with Gasteiger partial charge in [0, 0.05) is 57.2 Å². The van der Waals surface area contributed by atoms with Crippen LogP contribution < -0.4 is 4.90 Å². The van der Waals surface area contributed by atoms with Gasteiger partial charge in [-0.1, -0.05) is 24.6 Å². The number of piperazine rings is 1. The molecule has 0 radical (unpaired) electrons. The molecule has 6 nitrogen and oxygen atoms in total. The van der Waals surface area contributed by atoms with Gasteiger partial charge in [-0.2, -0.15) is 0 Å². The van der Waals surface area contributed by atoms with Crippen LogP contribution in [0, 0.1) is 0 Å². The molecule has 1 saturated carbocycles. The number of carbonyl (C=O) groups is 1. The maximum Gasteiger partial charge on any atom is 0.256 e. The van der Waals surface area contributed by atoms with Crippen LogP contribution in [-0.4, -0.2) is 71.0 Å². The number of rotatable bonds is 3. The third-order valence-electron chi connectivity index (χ3n) is 7.23. The molecule has 2 aliphatic carbocycles. The fourth-order valence-corrected chi connectivity index (χ4v) is 5.02. The van der Waals surface area contributed by atoms with Gasteiger partial charge in [0.05, 0.1) is 5.57 Å². The van der Waals surface area contributed by atoms with E-state index in [4.69, 9.17) is 4.98 Å². The van der Waals surface area contributed by atoms with E-state index in [0.717, 1.165) is 62.3 Å². The number of hydrogen-bond donors (Lipinski definition) is 0. The number of hydrogen-bond acceptors (Lipinski definition) is 5. The molecular formula is C25H32FN5O. The molecule has 7 heteroatoms. The molecule has 0 bridgehead atoms. The lowest BCUT2D eigenvalue weighted by Crippen LogP contribution is -2.52. The number of aryl methyl sites for hydroxylation is 1. The van der Waals surface area contributed by atoms with Gasteiger partial charge >= 0.3 is 0 Å². The topological polar surface area (TPSA) is 52.6 Å². The Labute approximate surface area is 189 Å². The molecule has 1 amide bonds. The van der Waals surface area contributed by atoms with Gasteiger partial charge < -0.3 is 9.80 Å². The average Bonchev–Trinajstić information content (AvgIpc) is 2.97. The predicted molar refractivity (Wildman–Crippen MR) is 123 cm³/mol. The zero-order chi connectivity index (χ0) is 21.9. The second kappa shape index (κ2) is 9.53. The third-order valence-corrected chi connectivity index (χ3v) is 7.23. The van der Waals surface area contributed by atoms with Crippen molar-refractivity contribution in [3.8, 4) is 0 Å². The highest BCUT2D eigenvalue weighted by Gasteiger charge is 2.29. The number of anilines is 1. The number of amides is 1. The average molecular weight is 438 g/mol. The Bertz CT molecular complexity index is 944. The van der Waals surface area contributed by atoms with Gasteiger partial charge in [0.15, 0.2) is 0 Å². The fourth-order valence-electron chi connectivity index (χ4n) is 5.02. The quantitative estimate of drug-likeness (QED) is 0.727. The molecule has 1 saturated heterocycles. The van der Waals surface area contributed by atoms with Gasteiger partial charge in [0.25, 0.3) is 5.91 Å². The Morgan fingerprint density at radius 3 is 2.66 bits per heavy atom. The minimum absolute atomic E-state index is 0.184. The van der Waals surface area contributed by atoms with E-state index in [-0.39, 0.29) is 11.5 Å². The summed E-state index contributed by atoms with van der Waals surface area (Å²) in [5.41, 5.74) is 2.39. The fraction of sp³-hybridized carbons (Fsp3) is 0.560. The highest BCUT2D eigenvalue weighted by Crippen LogP contribution is 2.27. The monoisotopic (exact) mass is 437 g/mol. The number of allylic oxidation sites excluding steroid dienone is 4. The van der Waals surface area contributed by atoms with Crippen LogP contribution in [-0.2, 0) is 17.6 Å². The first kappa shape index (κ1) is 21.3. The molecule has 3 heterocycles. The standard InChI is InChI=1S/C25H32FN5O/c26-22-9-3-1-2-8-21(22)24(32)30-12-5-10-23-19(11-13-30)18-27-25(28-23)31-16-14-29(15-17-31)20-6-4-7-20/h1,3,8-9,18,20H,2,4-7,10-17H2. The number of carbonyl (C=O) groups excluding carboxylic acids is 1. The summed E-state index contributed by atoms with van der Waals surface area (Å²) < 4.78 is 14.3. The molecule has 5 rings (SSSR count). The first-order valence-electron chi connectivity index (χ1n) is 12.0. The summed E-state index contributed by atoms with van der Waals surface area (Å²) in [5.74, 6) is 0.179. The summed E-state index contributed by atoms with van der Waals surface area (Å²) in [6, 6.07) is 0.800.